The molecule has 4 rings (SSSR count). The Morgan fingerprint density at radius 1 is 0.870 bits per heavy atom. The Bertz CT molecular complexity index is 1010. The first-order valence-corrected chi connectivity index (χ1v) is 7.81. The summed E-state index contributed by atoms with van der Waals surface area (Å²) in [7, 11) is 0. The van der Waals surface area contributed by atoms with E-state index in [0.29, 0.717) is 5.69 Å². The third-order valence-corrected chi connectivity index (χ3v) is 4.11. The number of hydrogen-bond donors (Lipinski definition) is 2. The Kier molecular flexibility index (Phi) is 3.36. The molecule has 112 valence electrons. The number of anilines is 2. The lowest BCUT2D eigenvalue weighted by atomic mass is 10.1. The van der Waals surface area contributed by atoms with Gasteiger partial charge in [0.2, 0.25) is 0 Å². The van der Waals surface area contributed by atoms with Gasteiger partial charge in [0.15, 0.2) is 0 Å². The van der Waals surface area contributed by atoms with E-state index in [9.17, 15) is 4.79 Å². The Balaban J connectivity index is 1.57. The highest BCUT2D eigenvalue weighted by atomic mass is 32.1. The van der Waals surface area contributed by atoms with Gasteiger partial charge < -0.3 is 10.6 Å². The Labute approximate surface area is 136 Å². The van der Waals surface area contributed by atoms with E-state index >= 15 is 0 Å². The minimum absolute atomic E-state index is 0.288. The van der Waals surface area contributed by atoms with Crippen LogP contribution in [0.3, 0.4) is 0 Å². The first-order chi connectivity index (χ1) is 11.3. The van der Waals surface area contributed by atoms with Crippen LogP contribution in [0.15, 0.2) is 60.7 Å². The number of amides is 2. The zero-order chi connectivity index (χ0) is 15.6. The molecule has 0 spiro atoms. The predicted molar refractivity (Wildman–Crippen MR) is 94.0 cm³/mol. The average Bonchev–Trinajstić information content (AvgIpc) is 3.03. The summed E-state index contributed by atoms with van der Waals surface area (Å²) in [6.07, 6.45) is 0. The highest BCUT2D eigenvalue weighted by Gasteiger charge is 2.07. The number of carbonyl (C=O) groups is 1. The smallest absolute Gasteiger partial charge is 0.308 e. The van der Waals surface area contributed by atoms with Crippen LogP contribution in [0.4, 0.5) is 16.2 Å². The molecular weight excluding hydrogens is 308 g/mol. The van der Waals surface area contributed by atoms with E-state index in [4.69, 9.17) is 0 Å². The van der Waals surface area contributed by atoms with Crippen molar-refractivity contribution in [2.24, 2.45) is 0 Å². The lowest BCUT2D eigenvalue weighted by molar-refractivity contribution is 0.262. The van der Waals surface area contributed by atoms with Gasteiger partial charge in [-0.3, -0.25) is 0 Å². The molecule has 23 heavy (non-hydrogen) atoms. The van der Waals surface area contributed by atoms with Crippen LogP contribution >= 0.6 is 11.7 Å². The maximum Gasteiger partial charge on any atom is 0.323 e. The molecule has 2 N–H and O–H groups in total. The van der Waals surface area contributed by atoms with E-state index in [-0.39, 0.29) is 6.03 Å². The van der Waals surface area contributed by atoms with Gasteiger partial charge in [-0.1, -0.05) is 36.4 Å². The molecule has 0 fully saturated rings. The van der Waals surface area contributed by atoms with Crippen molar-refractivity contribution in [2.75, 3.05) is 10.6 Å². The number of urea groups is 1. The number of rotatable bonds is 2. The van der Waals surface area contributed by atoms with Crippen molar-refractivity contribution in [3.8, 4) is 0 Å². The monoisotopic (exact) mass is 320 g/mol. The van der Waals surface area contributed by atoms with Gasteiger partial charge in [-0.05, 0) is 29.7 Å². The Morgan fingerprint density at radius 3 is 2.65 bits per heavy atom. The minimum atomic E-state index is -0.288. The molecule has 0 aliphatic carbocycles. The first-order valence-electron chi connectivity index (χ1n) is 7.08. The summed E-state index contributed by atoms with van der Waals surface area (Å²) in [4.78, 5) is 12.2. The van der Waals surface area contributed by atoms with Gasteiger partial charge in [-0.15, -0.1) is 0 Å². The van der Waals surface area contributed by atoms with Gasteiger partial charge in [0.05, 0.1) is 17.4 Å². The number of nitrogens with one attached hydrogen (secondary N) is 2. The van der Waals surface area contributed by atoms with Crippen molar-refractivity contribution in [3.63, 3.8) is 0 Å². The van der Waals surface area contributed by atoms with Gasteiger partial charge in [0.25, 0.3) is 0 Å². The van der Waals surface area contributed by atoms with E-state index in [2.05, 4.69) is 19.4 Å². The maximum absolute atomic E-state index is 12.2. The lowest BCUT2D eigenvalue weighted by Gasteiger charge is -2.10. The summed E-state index contributed by atoms with van der Waals surface area (Å²) >= 11 is 1.16. The summed E-state index contributed by atoms with van der Waals surface area (Å²) in [5.41, 5.74) is 3.06. The van der Waals surface area contributed by atoms with Crippen molar-refractivity contribution in [1.82, 2.24) is 8.75 Å². The zero-order valence-electron chi connectivity index (χ0n) is 12.0. The molecule has 0 bridgehead atoms. The molecule has 0 radical (unpaired) electrons. The fraction of sp³-hybridized carbons (Fsp3) is 0. The summed E-state index contributed by atoms with van der Waals surface area (Å²) in [6, 6.07) is 18.9. The number of fused-ring (bicyclic) bond motifs is 2. The summed E-state index contributed by atoms with van der Waals surface area (Å²) < 4.78 is 8.31. The molecule has 3 aromatic carbocycles. The van der Waals surface area contributed by atoms with E-state index in [1.54, 1.807) is 0 Å². The molecule has 0 aliphatic rings. The molecule has 0 saturated heterocycles. The van der Waals surface area contributed by atoms with E-state index in [0.717, 1.165) is 39.2 Å². The lowest BCUT2D eigenvalue weighted by Crippen LogP contribution is -2.19. The number of aromatic nitrogens is 2. The SMILES string of the molecule is O=C(Nc1ccc2nsnc2c1)Nc1cccc2ccccc12. The van der Waals surface area contributed by atoms with E-state index in [1.807, 2.05) is 60.7 Å². The molecule has 4 aromatic rings. The largest absolute Gasteiger partial charge is 0.323 e. The van der Waals surface area contributed by atoms with Crippen LogP contribution in [0.5, 0.6) is 0 Å². The predicted octanol–water partition coefficient (Wildman–Crippen LogP) is 4.49. The van der Waals surface area contributed by atoms with Crippen LogP contribution in [0.1, 0.15) is 0 Å². The third-order valence-electron chi connectivity index (χ3n) is 3.55. The fourth-order valence-electron chi connectivity index (χ4n) is 2.48. The average molecular weight is 320 g/mol. The quantitative estimate of drug-likeness (QED) is 0.572. The van der Waals surface area contributed by atoms with Gasteiger partial charge in [-0.2, -0.15) is 8.75 Å². The summed E-state index contributed by atoms with van der Waals surface area (Å²) in [6.45, 7) is 0. The first kappa shape index (κ1) is 13.7. The van der Waals surface area contributed by atoms with Crippen molar-refractivity contribution >= 4 is 50.9 Å². The molecule has 0 aliphatic heterocycles. The Hall–Kier alpha value is -2.99. The number of nitrogens with zero attached hydrogens (tertiary/aromatic N) is 2. The molecule has 5 nitrogen and oxygen atoms in total. The maximum atomic E-state index is 12.2. The highest BCUT2D eigenvalue weighted by Crippen LogP contribution is 2.23. The van der Waals surface area contributed by atoms with Crippen LogP contribution in [0.25, 0.3) is 21.8 Å². The Morgan fingerprint density at radius 2 is 1.70 bits per heavy atom. The van der Waals surface area contributed by atoms with E-state index < -0.39 is 0 Å². The standard InChI is InChI=1S/C17H12N4OS/c22-17(18-12-8-9-15-16(10-12)21-23-20-15)19-14-7-3-5-11-4-1-2-6-13(11)14/h1-10H,(H2,18,19,22). The topological polar surface area (TPSA) is 66.9 Å². The van der Waals surface area contributed by atoms with E-state index in [1.165, 1.54) is 0 Å². The molecular formula is C17H12N4OS. The molecule has 0 unspecified atom stereocenters. The van der Waals surface area contributed by atoms with Crippen molar-refractivity contribution in [3.05, 3.63) is 60.7 Å². The normalized spacial score (nSPS) is 10.8. The highest BCUT2D eigenvalue weighted by molar-refractivity contribution is 7.00. The zero-order valence-corrected chi connectivity index (χ0v) is 12.8. The van der Waals surface area contributed by atoms with Crippen LogP contribution in [0, 0.1) is 0 Å². The second-order valence-corrected chi connectivity index (χ2v) is 5.60. The molecule has 1 heterocycles. The molecule has 6 heteroatoms. The van der Waals surface area contributed by atoms with Crippen LogP contribution in [-0.2, 0) is 0 Å². The fourth-order valence-corrected chi connectivity index (χ4v) is 3.00. The van der Waals surface area contributed by atoms with Crippen molar-refractivity contribution < 1.29 is 4.79 Å². The molecule has 0 atom stereocenters. The summed E-state index contributed by atoms with van der Waals surface area (Å²) in [5.74, 6) is 0. The molecule has 2 amide bonds. The van der Waals surface area contributed by atoms with Crippen LogP contribution in [-0.4, -0.2) is 14.8 Å². The summed E-state index contributed by atoms with van der Waals surface area (Å²) in [5, 5.41) is 7.80. The number of benzene rings is 3. The second-order valence-electron chi connectivity index (χ2n) is 5.07. The van der Waals surface area contributed by atoms with Crippen molar-refractivity contribution in [2.45, 2.75) is 0 Å². The van der Waals surface area contributed by atoms with Crippen LogP contribution < -0.4 is 10.6 Å². The molecule has 0 saturated carbocycles. The number of hydrogen-bond acceptors (Lipinski definition) is 4. The van der Waals surface area contributed by atoms with Gasteiger partial charge in [0.1, 0.15) is 11.0 Å². The van der Waals surface area contributed by atoms with Crippen molar-refractivity contribution in [1.29, 1.82) is 0 Å². The van der Waals surface area contributed by atoms with Gasteiger partial charge >= 0.3 is 6.03 Å². The third kappa shape index (κ3) is 2.72. The number of carbonyl (C=O) groups excluding carboxylic acids is 1. The van der Waals surface area contributed by atoms with Gasteiger partial charge in [0, 0.05) is 11.1 Å². The minimum Gasteiger partial charge on any atom is -0.308 e. The molecule has 1 aromatic heterocycles. The van der Waals surface area contributed by atoms with Gasteiger partial charge in [-0.25, -0.2) is 4.79 Å². The van der Waals surface area contributed by atoms with Crippen LogP contribution in [0.2, 0.25) is 0 Å². The second kappa shape index (κ2) is 5.66.